The van der Waals surface area contributed by atoms with Crippen LogP contribution < -0.4 is 14.2 Å². The van der Waals surface area contributed by atoms with Crippen LogP contribution in [-0.4, -0.2) is 39.2 Å². The minimum atomic E-state index is -0.303. The van der Waals surface area contributed by atoms with Gasteiger partial charge in [-0.2, -0.15) is 0 Å². The zero-order chi connectivity index (χ0) is 20.0. The van der Waals surface area contributed by atoms with Crippen molar-refractivity contribution in [3.8, 4) is 17.2 Å². The van der Waals surface area contributed by atoms with Gasteiger partial charge in [0.05, 0.1) is 27.4 Å². The van der Waals surface area contributed by atoms with Crippen molar-refractivity contribution >= 4 is 12.0 Å². The first-order chi connectivity index (χ1) is 12.9. The van der Waals surface area contributed by atoms with Crippen molar-refractivity contribution in [1.82, 2.24) is 4.90 Å². The predicted molar refractivity (Wildman–Crippen MR) is 103 cm³/mol. The van der Waals surface area contributed by atoms with Gasteiger partial charge in [-0.1, -0.05) is 12.1 Å². The Kier molecular flexibility index (Phi) is 6.82. The highest BCUT2D eigenvalue weighted by Crippen LogP contribution is 2.38. The second-order valence-corrected chi connectivity index (χ2v) is 5.97. The van der Waals surface area contributed by atoms with Crippen molar-refractivity contribution < 1.29 is 23.4 Å². The number of rotatable bonds is 7. The van der Waals surface area contributed by atoms with Gasteiger partial charge in [-0.15, -0.1) is 0 Å². The highest BCUT2D eigenvalue weighted by Gasteiger charge is 2.16. The van der Waals surface area contributed by atoms with E-state index in [-0.39, 0.29) is 17.8 Å². The molecule has 0 bridgehead atoms. The first kappa shape index (κ1) is 20.3. The van der Waals surface area contributed by atoms with E-state index in [2.05, 4.69) is 0 Å². The van der Waals surface area contributed by atoms with Crippen LogP contribution in [0.1, 0.15) is 24.1 Å². The Morgan fingerprint density at radius 2 is 1.59 bits per heavy atom. The van der Waals surface area contributed by atoms with Crippen LogP contribution in [0.2, 0.25) is 0 Å². The van der Waals surface area contributed by atoms with Crippen LogP contribution in [0.4, 0.5) is 4.39 Å². The molecule has 5 nitrogen and oxygen atoms in total. The number of ether oxygens (including phenoxy) is 3. The van der Waals surface area contributed by atoms with E-state index in [1.54, 1.807) is 42.3 Å². The van der Waals surface area contributed by atoms with E-state index in [0.29, 0.717) is 17.2 Å². The maximum absolute atomic E-state index is 13.1. The number of likely N-dealkylation sites (N-methyl/N-ethyl adjacent to an activating group) is 1. The molecule has 2 aromatic carbocycles. The van der Waals surface area contributed by atoms with Gasteiger partial charge in [-0.05, 0) is 48.4 Å². The molecule has 0 aliphatic rings. The van der Waals surface area contributed by atoms with Crippen molar-refractivity contribution in [2.24, 2.45) is 0 Å². The molecule has 1 amide bonds. The summed E-state index contributed by atoms with van der Waals surface area (Å²) in [6, 6.07) is 9.44. The van der Waals surface area contributed by atoms with Crippen molar-refractivity contribution in [2.45, 2.75) is 13.0 Å². The molecule has 0 aliphatic carbocycles. The summed E-state index contributed by atoms with van der Waals surface area (Å²) in [5.74, 6) is 1.03. The van der Waals surface area contributed by atoms with Crippen LogP contribution >= 0.6 is 0 Å². The second-order valence-electron chi connectivity index (χ2n) is 5.97. The molecule has 0 radical (unpaired) electrons. The number of benzene rings is 2. The number of hydrogen-bond acceptors (Lipinski definition) is 4. The van der Waals surface area contributed by atoms with Gasteiger partial charge < -0.3 is 19.1 Å². The number of methoxy groups -OCH3 is 3. The van der Waals surface area contributed by atoms with Gasteiger partial charge in [-0.3, -0.25) is 4.79 Å². The molecule has 2 rings (SSSR count). The van der Waals surface area contributed by atoms with Crippen molar-refractivity contribution in [2.75, 3.05) is 28.4 Å². The van der Waals surface area contributed by atoms with Gasteiger partial charge in [0.15, 0.2) is 11.5 Å². The van der Waals surface area contributed by atoms with E-state index in [9.17, 15) is 9.18 Å². The summed E-state index contributed by atoms with van der Waals surface area (Å²) in [5.41, 5.74) is 1.59. The molecule has 0 saturated carbocycles. The summed E-state index contributed by atoms with van der Waals surface area (Å²) in [6.07, 6.45) is 3.15. The Balaban J connectivity index is 2.19. The molecule has 0 aromatic heterocycles. The lowest BCUT2D eigenvalue weighted by Crippen LogP contribution is -2.27. The maximum atomic E-state index is 13.1. The Morgan fingerprint density at radius 3 is 2.07 bits per heavy atom. The average molecular weight is 373 g/mol. The molecule has 0 heterocycles. The van der Waals surface area contributed by atoms with Gasteiger partial charge in [0.1, 0.15) is 5.82 Å². The summed E-state index contributed by atoms with van der Waals surface area (Å²) in [4.78, 5) is 14.1. The minimum Gasteiger partial charge on any atom is -0.493 e. The lowest BCUT2D eigenvalue weighted by molar-refractivity contribution is -0.126. The van der Waals surface area contributed by atoms with E-state index in [1.165, 1.54) is 39.5 Å². The monoisotopic (exact) mass is 373 g/mol. The van der Waals surface area contributed by atoms with Crippen LogP contribution in [0.15, 0.2) is 42.5 Å². The molecule has 0 saturated heterocycles. The smallest absolute Gasteiger partial charge is 0.246 e. The van der Waals surface area contributed by atoms with E-state index >= 15 is 0 Å². The fourth-order valence-electron chi connectivity index (χ4n) is 2.64. The molecule has 6 heteroatoms. The van der Waals surface area contributed by atoms with Gasteiger partial charge >= 0.3 is 0 Å². The fourth-order valence-corrected chi connectivity index (χ4v) is 2.64. The summed E-state index contributed by atoms with van der Waals surface area (Å²) in [5, 5.41) is 0. The molecule has 1 atom stereocenters. The Labute approximate surface area is 159 Å². The van der Waals surface area contributed by atoms with E-state index in [1.807, 2.05) is 6.92 Å². The van der Waals surface area contributed by atoms with Gasteiger partial charge in [-0.25, -0.2) is 4.39 Å². The molecule has 0 fully saturated rings. The number of halogens is 1. The summed E-state index contributed by atoms with van der Waals surface area (Å²) >= 11 is 0. The van der Waals surface area contributed by atoms with Crippen LogP contribution in [-0.2, 0) is 4.79 Å². The zero-order valence-electron chi connectivity index (χ0n) is 16.2. The first-order valence-electron chi connectivity index (χ1n) is 8.41. The van der Waals surface area contributed by atoms with E-state index < -0.39 is 0 Å². The van der Waals surface area contributed by atoms with Crippen LogP contribution in [0.25, 0.3) is 6.08 Å². The molecule has 2 aromatic rings. The molecular weight excluding hydrogens is 349 g/mol. The lowest BCUT2D eigenvalue weighted by Gasteiger charge is -2.24. The number of amides is 1. The number of nitrogens with zero attached hydrogens (tertiary/aromatic N) is 1. The van der Waals surface area contributed by atoms with Crippen LogP contribution in [0, 0.1) is 5.82 Å². The topological polar surface area (TPSA) is 48.0 Å². The van der Waals surface area contributed by atoms with E-state index in [4.69, 9.17) is 14.2 Å². The van der Waals surface area contributed by atoms with Crippen LogP contribution in [0.5, 0.6) is 17.2 Å². The maximum Gasteiger partial charge on any atom is 0.246 e. The highest BCUT2D eigenvalue weighted by molar-refractivity contribution is 5.92. The highest BCUT2D eigenvalue weighted by atomic mass is 19.1. The van der Waals surface area contributed by atoms with Gasteiger partial charge in [0, 0.05) is 13.1 Å². The van der Waals surface area contributed by atoms with Crippen molar-refractivity contribution in [3.63, 3.8) is 0 Å². The average Bonchev–Trinajstić information content (AvgIpc) is 2.70. The summed E-state index contributed by atoms with van der Waals surface area (Å²) in [6.45, 7) is 1.89. The summed E-state index contributed by atoms with van der Waals surface area (Å²) in [7, 11) is 6.31. The number of hydrogen-bond donors (Lipinski definition) is 0. The Morgan fingerprint density at radius 1 is 1.04 bits per heavy atom. The normalized spacial score (nSPS) is 11.9. The SMILES string of the molecule is COc1cc(C=CC(=O)N(C)C(C)c2ccc(F)cc2)cc(OC)c1OC. The first-order valence-corrected chi connectivity index (χ1v) is 8.41. The predicted octanol–water partition coefficient (Wildman–Crippen LogP) is 4.08. The molecule has 0 aliphatic heterocycles. The zero-order valence-corrected chi connectivity index (χ0v) is 16.2. The molecule has 0 spiro atoms. The molecule has 1 unspecified atom stereocenters. The standard InChI is InChI=1S/C21H24FNO4/c1-14(16-7-9-17(22)10-8-16)23(2)20(24)11-6-15-12-18(25-3)21(27-5)19(13-15)26-4/h6-14H,1-5H3. The Bertz CT molecular complexity index is 792. The van der Waals surface area contributed by atoms with Crippen molar-refractivity contribution in [3.05, 3.63) is 59.4 Å². The second kappa shape index (κ2) is 9.07. The van der Waals surface area contributed by atoms with Gasteiger partial charge in [0.2, 0.25) is 11.7 Å². The van der Waals surface area contributed by atoms with Gasteiger partial charge in [0.25, 0.3) is 0 Å². The third-order valence-corrected chi connectivity index (χ3v) is 4.39. The van der Waals surface area contributed by atoms with Crippen LogP contribution in [0.3, 0.4) is 0 Å². The minimum absolute atomic E-state index is 0.180. The lowest BCUT2D eigenvalue weighted by atomic mass is 10.1. The third-order valence-electron chi connectivity index (χ3n) is 4.39. The van der Waals surface area contributed by atoms with E-state index in [0.717, 1.165) is 11.1 Å². The van der Waals surface area contributed by atoms with Crippen molar-refractivity contribution in [1.29, 1.82) is 0 Å². The molecular formula is C21H24FNO4. The third kappa shape index (κ3) is 4.78. The summed E-state index contributed by atoms with van der Waals surface area (Å²) < 4.78 is 29.0. The number of carbonyl (C=O) groups is 1. The molecule has 0 N–H and O–H groups in total. The molecule has 27 heavy (non-hydrogen) atoms. The Hall–Kier alpha value is -3.02. The molecule has 144 valence electrons. The fraction of sp³-hybridized carbons (Fsp3) is 0.286. The number of carbonyl (C=O) groups excluding carboxylic acids is 1. The largest absolute Gasteiger partial charge is 0.493 e. The quantitative estimate of drug-likeness (QED) is 0.686.